The van der Waals surface area contributed by atoms with Crippen LogP contribution < -0.4 is 5.32 Å². The minimum Gasteiger partial charge on any atom is -0.321 e. The number of rotatable bonds is 4. The van der Waals surface area contributed by atoms with Crippen LogP contribution in [0.4, 0.5) is 5.69 Å². The van der Waals surface area contributed by atoms with E-state index in [-0.39, 0.29) is 5.91 Å². The van der Waals surface area contributed by atoms with Crippen molar-refractivity contribution >= 4 is 11.6 Å². The second-order valence-electron chi connectivity index (χ2n) is 5.78. The van der Waals surface area contributed by atoms with Gasteiger partial charge in [0.1, 0.15) is 0 Å². The molecule has 0 bridgehead atoms. The highest BCUT2D eigenvalue weighted by atomic mass is 16.2. The van der Waals surface area contributed by atoms with E-state index >= 15 is 0 Å². The molecular formula is C19H20N4O. The minimum absolute atomic E-state index is 0.254. The van der Waals surface area contributed by atoms with Gasteiger partial charge in [-0.25, -0.2) is 4.68 Å². The van der Waals surface area contributed by atoms with E-state index in [1.807, 2.05) is 62.4 Å². The number of carbonyl (C=O) groups is 1. The Kier molecular flexibility index (Phi) is 4.42. The summed E-state index contributed by atoms with van der Waals surface area (Å²) in [5.41, 5.74) is 5.05. The quantitative estimate of drug-likeness (QED) is 0.797. The molecule has 0 aliphatic heterocycles. The Morgan fingerprint density at radius 3 is 2.54 bits per heavy atom. The van der Waals surface area contributed by atoms with Gasteiger partial charge in [0.2, 0.25) is 0 Å². The van der Waals surface area contributed by atoms with Gasteiger partial charge in [-0.3, -0.25) is 4.79 Å². The molecule has 1 amide bonds. The fourth-order valence-corrected chi connectivity index (χ4v) is 2.56. The van der Waals surface area contributed by atoms with E-state index in [9.17, 15) is 4.79 Å². The number of nitrogens with zero attached hydrogens (tertiary/aromatic N) is 3. The minimum atomic E-state index is -0.254. The van der Waals surface area contributed by atoms with Gasteiger partial charge in [-0.05, 0) is 55.7 Å². The number of nitrogens with one attached hydrogen (secondary N) is 1. The zero-order valence-corrected chi connectivity index (χ0v) is 14.1. The highest BCUT2D eigenvalue weighted by molar-refractivity contribution is 6.03. The zero-order valence-electron chi connectivity index (χ0n) is 14.1. The SMILES string of the molecule is CCc1ccc(NC(=O)c2nnn(-c3cccc(C)c3)c2C)cc1. The Morgan fingerprint density at radius 1 is 1.12 bits per heavy atom. The fourth-order valence-electron chi connectivity index (χ4n) is 2.56. The number of aryl methyl sites for hydroxylation is 2. The van der Waals surface area contributed by atoms with E-state index in [1.54, 1.807) is 4.68 Å². The molecule has 5 heteroatoms. The molecule has 3 rings (SSSR count). The molecule has 3 aromatic rings. The lowest BCUT2D eigenvalue weighted by atomic mass is 10.1. The fraction of sp³-hybridized carbons (Fsp3) is 0.211. The van der Waals surface area contributed by atoms with Crippen molar-refractivity contribution in [2.45, 2.75) is 27.2 Å². The molecular weight excluding hydrogens is 300 g/mol. The molecule has 122 valence electrons. The first-order valence-electron chi connectivity index (χ1n) is 7.98. The van der Waals surface area contributed by atoms with Crippen LogP contribution in [0.2, 0.25) is 0 Å². The van der Waals surface area contributed by atoms with Gasteiger partial charge < -0.3 is 5.32 Å². The molecule has 0 saturated heterocycles. The van der Waals surface area contributed by atoms with Gasteiger partial charge in [0.25, 0.3) is 5.91 Å². The first-order valence-corrected chi connectivity index (χ1v) is 7.98. The molecule has 0 atom stereocenters. The van der Waals surface area contributed by atoms with Crippen molar-refractivity contribution in [1.82, 2.24) is 15.0 Å². The van der Waals surface area contributed by atoms with Crippen LogP contribution in [0.15, 0.2) is 48.5 Å². The Balaban J connectivity index is 1.83. The van der Waals surface area contributed by atoms with Crippen LogP contribution in [-0.2, 0) is 6.42 Å². The van der Waals surface area contributed by atoms with E-state index in [0.29, 0.717) is 11.4 Å². The lowest BCUT2D eigenvalue weighted by Gasteiger charge is -2.06. The maximum atomic E-state index is 12.5. The summed E-state index contributed by atoms with van der Waals surface area (Å²) in [5, 5.41) is 11.0. The van der Waals surface area contributed by atoms with Crippen LogP contribution in [0.1, 0.15) is 34.2 Å². The van der Waals surface area contributed by atoms with Crippen LogP contribution in [-0.4, -0.2) is 20.9 Å². The number of carbonyl (C=O) groups excluding carboxylic acids is 1. The topological polar surface area (TPSA) is 59.8 Å². The monoisotopic (exact) mass is 320 g/mol. The van der Waals surface area contributed by atoms with Gasteiger partial charge in [-0.15, -0.1) is 5.10 Å². The van der Waals surface area contributed by atoms with E-state index in [1.165, 1.54) is 5.56 Å². The number of hydrogen-bond acceptors (Lipinski definition) is 3. The second-order valence-corrected chi connectivity index (χ2v) is 5.78. The van der Waals surface area contributed by atoms with Gasteiger partial charge >= 0.3 is 0 Å². The summed E-state index contributed by atoms with van der Waals surface area (Å²) in [5.74, 6) is -0.254. The summed E-state index contributed by atoms with van der Waals surface area (Å²) in [4.78, 5) is 12.5. The van der Waals surface area contributed by atoms with Gasteiger partial charge in [0.15, 0.2) is 5.69 Å². The molecule has 5 nitrogen and oxygen atoms in total. The molecule has 0 fully saturated rings. The number of anilines is 1. The van der Waals surface area contributed by atoms with Crippen LogP contribution in [0.25, 0.3) is 5.69 Å². The Labute approximate surface area is 141 Å². The van der Waals surface area contributed by atoms with Crippen molar-refractivity contribution in [3.8, 4) is 5.69 Å². The molecule has 2 aromatic carbocycles. The number of benzene rings is 2. The predicted molar refractivity (Wildman–Crippen MR) is 94.6 cm³/mol. The van der Waals surface area contributed by atoms with Crippen LogP contribution in [0, 0.1) is 13.8 Å². The van der Waals surface area contributed by atoms with Crippen LogP contribution in [0.3, 0.4) is 0 Å². The third kappa shape index (κ3) is 3.20. The maximum absolute atomic E-state index is 12.5. The van der Waals surface area contributed by atoms with Crippen LogP contribution >= 0.6 is 0 Å². The smallest absolute Gasteiger partial charge is 0.278 e. The predicted octanol–water partition coefficient (Wildman–Crippen LogP) is 3.70. The lowest BCUT2D eigenvalue weighted by molar-refractivity contribution is 0.102. The van der Waals surface area contributed by atoms with E-state index in [0.717, 1.165) is 23.4 Å². The van der Waals surface area contributed by atoms with Crippen molar-refractivity contribution in [3.63, 3.8) is 0 Å². The van der Waals surface area contributed by atoms with Crippen molar-refractivity contribution in [1.29, 1.82) is 0 Å². The normalized spacial score (nSPS) is 10.6. The molecule has 0 aliphatic carbocycles. The highest BCUT2D eigenvalue weighted by Crippen LogP contribution is 2.16. The largest absolute Gasteiger partial charge is 0.321 e. The summed E-state index contributed by atoms with van der Waals surface area (Å²) in [6.45, 7) is 5.96. The highest BCUT2D eigenvalue weighted by Gasteiger charge is 2.17. The second kappa shape index (κ2) is 6.66. The van der Waals surface area contributed by atoms with Crippen LogP contribution in [0.5, 0.6) is 0 Å². The first kappa shape index (κ1) is 15.9. The van der Waals surface area contributed by atoms with E-state index in [2.05, 4.69) is 22.6 Å². The van der Waals surface area contributed by atoms with Gasteiger partial charge in [0, 0.05) is 5.69 Å². The van der Waals surface area contributed by atoms with E-state index in [4.69, 9.17) is 0 Å². The molecule has 0 saturated carbocycles. The Morgan fingerprint density at radius 2 is 1.88 bits per heavy atom. The molecule has 1 heterocycles. The standard InChI is InChI=1S/C19H20N4O/c1-4-15-8-10-16(11-9-15)20-19(24)18-14(3)23(22-21-18)17-7-5-6-13(2)12-17/h5-12H,4H2,1-3H3,(H,20,24). The number of hydrogen-bond donors (Lipinski definition) is 1. The molecule has 0 unspecified atom stereocenters. The average Bonchev–Trinajstić information content (AvgIpc) is 2.97. The molecule has 1 aromatic heterocycles. The average molecular weight is 320 g/mol. The van der Waals surface area contributed by atoms with Crippen molar-refractivity contribution in [2.24, 2.45) is 0 Å². The zero-order chi connectivity index (χ0) is 17.1. The van der Waals surface area contributed by atoms with Crippen molar-refractivity contribution < 1.29 is 4.79 Å². The van der Waals surface area contributed by atoms with Gasteiger partial charge in [-0.1, -0.05) is 36.4 Å². The molecule has 0 radical (unpaired) electrons. The number of amides is 1. The maximum Gasteiger partial charge on any atom is 0.278 e. The van der Waals surface area contributed by atoms with Gasteiger partial charge in [-0.2, -0.15) is 0 Å². The molecule has 0 spiro atoms. The first-order chi connectivity index (χ1) is 11.6. The summed E-state index contributed by atoms with van der Waals surface area (Å²) in [7, 11) is 0. The molecule has 1 N–H and O–H groups in total. The third-order valence-corrected chi connectivity index (χ3v) is 3.98. The summed E-state index contributed by atoms with van der Waals surface area (Å²) in [6, 6.07) is 15.7. The van der Waals surface area contributed by atoms with E-state index < -0.39 is 0 Å². The Hall–Kier alpha value is -2.95. The van der Waals surface area contributed by atoms with Crippen molar-refractivity contribution in [2.75, 3.05) is 5.32 Å². The van der Waals surface area contributed by atoms with Crippen molar-refractivity contribution in [3.05, 3.63) is 71.0 Å². The number of aromatic nitrogens is 3. The summed E-state index contributed by atoms with van der Waals surface area (Å²) >= 11 is 0. The molecule has 0 aliphatic rings. The third-order valence-electron chi connectivity index (χ3n) is 3.98. The summed E-state index contributed by atoms with van der Waals surface area (Å²) < 4.78 is 1.68. The summed E-state index contributed by atoms with van der Waals surface area (Å²) in [6.07, 6.45) is 0.970. The Bertz CT molecular complexity index is 865. The van der Waals surface area contributed by atoms with Gasteiger partial charge in [0.05, 0.1) is 11.4 Å². The molecule has 24 heavy (non-hydrogen) atoms. The lowest BCUT2D eigenvalue weighted by Crippen LogP contribution is -2.14.